The number of aromatic nitrogens is 3. The molecule has 0 bridgehead atoms. The molecule has 1 N–H and O–H groups in total. The van der Waals surface area contributed by atoms with Crippen molar-refractivity contribution < 1.29 is 9.53 Å². The van der Waals surface area contributed by atoms with Gasteiger partial charge < -0.3 is 9.64 Å². The summed E-state index contributed by atoms with van der Waals surface area (Å²) in [5, 5.41) is 6.75. The molecule has 20 heavy (non-hydrogen) atoms. The van der Waals surface area contributed by atoms with Gasteiger partial charge in [-0.25, -0.2) is 4.98 Å². The number of ether oxygens (including phenoxy) is 1. The van der Waals surface area contributed by atoms with E-state index in [0.717, 1.165) is 24.4 Å². The molecule has 0 saturated heterocycles. The van der Waals surface area contributed by atoms with E-state index in [1.807, 2.05) is 25.1 Å². The van der Waals surface area contributed by atoms with E-state index in [1.165, 1.54) is 4.90 Å². The van der Waals surface area contributed by atoms with Gasteiger partial charge in [-0.15, -0.1) is 5.10 Å². The van der Waals surface area contributed by atoms with Crippen LogP contribution in [0.4, 0.5) is 5.69 Å². The summed E-state index contributed by atoms with van der Waals surface area (Å²) in [7, 11) is 3.28. The van der Waals surface area contributed by atoms with Crippen molar-refractivity contribution in [3.05, 3.63) is 35.9 Å². The van der Waals surface area contributed by atoms with Crippen LogP contribution in [0.5, 0.6) is 5.75 Å². The van der Waals surface area contributed by atoms with Crippen molar-refractivity contribution in [2.75, 3.05) is 19.1 Å². The first kappa shape index (κ1) is 14.0. The number of hydrogen-bond donors (Lipinski definition) is 1. The molecule has 1 heterocycles. The van der Waals surface area contributed by atoms with Crippen LogP contribution in [0.3, 0.4) is 0 Å². The van der Waals surface area contributed by atoms with Gasteiger partial charge in [0.25, 0.3) is 5.91 Å². The number of carbonyl (C=O) groups is 1. The monoisotopic (exact) mass is 274 g/mol. The van der Waals surface area contributed by atoms with Gasteiger partial charge in [0.15, 0.2) is 0 Å². The number of H-pyrrole nitrogens is 1. The van der Waals surface area contributed by atoms with Crippen LogP contribution in [-0.4, -0.2) is 35.2 Å². The molecule has 6 nitrogen and oxygen atoms in total. The molecule has 0 radical (unpaired) electrons. The molecule has 0 aliphatic heterocycles. The number of hydrogen-bond acceptors (Lipinski definition) is 4. The highest BCUT2D eigenvalue weighted by atomic mass is 16.5. The van der Waals surface area contributed by atoms with E-state index >= 15 is 0 Å². The highest BCUT2D eigenvalue weighted by molar-refractivity contribution is 6.03. The topological polar surface area (TPSA) is 71.1 Å². The van der Waals surface area contributed by atoms with Crippen molar-refractivity contribution in [2.24, 2.45) is 0 Å². The first-order valence-electron chi connectivity index (χ1n) is 6.49. The van der Waals surface area contributed by atoms with Crippen molar-refractivity contribution in [3.8, 4) is 5.75 Å². The molecule has 0 saturated carbocycles. The lowest BCUT2D eigenvalue weighted by Gasteiger charge is -2.16. The van der Waals surface area contributed by atoms with Crippen LogP contribution in [0.1, 0.15) is 29.8 Å². The molecule has 1 amide bonds. The second-order valence-corrected chi connectivity index (χ2v) is 4.42. The summed E-state index contributed by atoms with van der Waals surface area (Å²) in [6.07, 6.45) is 1.73. The van der Waals surface area contributed by atoms with Crippen LogP contribution in [0.2, 0.25) is 0 Å². The highest BCUT2D eigenvalue weighted by Gasteiger charge is 2.18. The van der Waals surface area contributed by atoms with Crippen LogP contribution in [0.25, 0.3) is 0 Å². The standard InChI is InChI=1S/C14H18N4O2/c1-4-6-12-15-13(17-16-12)14(19)18(2)10-7-5-8-11(9-10)20-3/h5,7-9H,4,6H2,1-3H3,(H,15,16,17). The Morgan fingerprint density at radius 2 is 2.25 bits per heavy atom. The number of nitrogens with one attached hydrogen (secondary N) is 1. The second kappa shape index (κ2) is 6.18. The summed E-state index contributed by atoms with van der Waals surface area (Å²) in [4.78, 5) is 18.0. The van der Waals surface area contributed by atoms with Gasteiger partial charge in [-0.1, -0.05) is 13.0 Å². The highest BCUT2D eigenvalue weighted by Crippen LogP contribution is 2.20. The van der Waals surface area contributed by atoms with Crippen LogP contribution in [0, 0.1) is 0 Å². The maximum Gasteiger partial charge on any atom is 0.297 e. The Labute approximate surface area is 117 Å². The molecule has 0 fully saturated rings. The molecule has 0 atom stereocenters. The SMILES string of the molecule is CCCc1nc(C(=O)N(C)c2cccc(OC)c2)n[nH]1. The number of nitrogens with zero attached hydrogens (tertiary/aromatic N) is 3. The summed E-state index contributed by atoms with van der Waals surface area (Å²) in [6.45, 7) is 2.05. The van der Waals surface area contributed by atoms with Crippen molar-refractivity contribution in [2.45, 2.75) is 19.8 Å². The van der Waals surface area contributed by atoms with Gasteiger partial charge in [0.2, 0.25) is 5.82 Å². The zero-order chi connectivity index (χ0) is 14.5. The predicted molar refractivity (Wildman–Crippen MR) is 76.1 cm³/mol. The fraction of sp³-hybridized carbons (Fsp3) is 0.357. The number of benzene rings is 1. The molecule has 106 valence electrons. The van der Waals surface area contributed by atoms with E-state index < -0.39 is 0 Å². The Morgan fingerprint density at radius 1 is 1.45 bits per heavy atom. The van der Waals surface area contributed by atoms with E-state index in [2.05, 4.69) is 15.2 Å². The number of amides is 1. The number of aryl methyl sites for hydroxylation is 1. The first-order valence-corrected chi connectivity index (χ1v) is 6.49. The average Bonchev–Trinajstić information content (AvgIpc) is 2.95. The van der Waals surface area contributed by atoms with E-state index in [-0.39, 0.29) is 11.7 Å². The molecular weight excluding hydrogens is 256 g/mol. The number of aromatic amines is 1. The van der Waals surface area contributed by atoms with Gasteiger partial charge in [-0.3, -0.25) is 9.89 Å². The summed E-state index contributed by atoms with van der Waals surface area (Å²) in [6, 6.07) is 7.28. The van der Waals surface area contributed by atoms with Gasteiger partial charge in [-0.2, -0.15) is 0 Å². The zero-order valence-corrected chi connectivity index (χ0v) is 11.9. The average molecular weight is 274 g/mol. The lowest BCUT2D eigenvalue weighted by Crippen LogP contribution is -2.27. The summed E-state index contributed by atoms with van der Waals surface area (Å²) in [5.41, 5.74) is 0.733. The summed E-state index contributed by atoms with van der Waals surface area (Å²) in [5.74, 6) is 1.36. The summed E-state index contributed by atoms with van der Waals surface area (Å²) >= 11 is 0. The molecule has 0 aliphatic carbocycles. The van der Waals surface area contributed by atoms with Crippen molar-refractivity contribution >= 4 is 11.6 Å². The minimum absolute atomic E-state index is 0.179. The van der Waals surface area contributed by atoms with Gasteiger partial charge >= 0.3 is 0 Å². The van der Waals surface area contributed by atoms with E-state index in [9.17, 15) is 4.79 Å². The number of anilines is 1. The van der Waals surface area contributed by atoms with Gasteiger partial charge in [0, 0.05) is 25.2 Å². The van der Waals surface area contributed by atoms with Crippen molar-refractivity contribution in [1.29, 1.82) is 0 Å². The Balaban J connectivity index is 2.18. The van der Waals surface area contributed by atoms with Gasteiger partial charge in [-0.05, 0) is 18.6 Å². The van der Waals surface area contributed by atoms with E-state index in [4.69, 9.17) is 4.74 Å². The maximum absolute atomic E-state index is 12.3. The van der Waals surface area contributed by atoms with Crippen LogP contribution >= 0.6 is 0 Å². The molecule has 0 aliphatic rings. The Kier molecular flexibility index (Phi) is 4.34. The third kappa shape index (κ3) is 2.96. The smallest absolute Gasteiger partial charge is 0.297 e. The van der Waals surface area contributed by atoms with Crippen LogP contribution < -0.4 is 9.64 Å². The summed E-state index contributed by atoms with van der Waals surface area (Å²) < 4.78 is 5.15. The molecular formula is C14H18N4O2. The predicted octanol–water partition coefficient (Wildman–Crippen LogP) is 2.04. The normalized spacial score (nSPS) is 10.3. The Morgan fingerprint density at radius 3 is 2.95 bits per heavy atom. The molecule has 2 aromatic rings. The minimum Gasteiger partial charge on any atom is -0.497 e. The van der Waals surface area contributed by atoms with Crippen LogP contribution in [0.15, 0.2) is 24.3 Å². The Hall–Kier alpha value is -2.37. The fourth-order valence-corrected chi connectivity index (χ4v) is 1.83. The molecule has 1 aromatic heterocycles. The number of carbonyl (C=O) groups excluding carboxylic acids is 1. The van der Waals surface area contributed by atoms with Gasteiger partial charge in [0.1, 0.15) is 11.6 Å². The Bertz CT molecular complexity index is 594. The number of methoxy groups -OCH3 is 1. The van der Waals surface area contributed by atoms with Crippen LogP contribution in [-0.2, 0) is 6.42 Å². The van der Waals surface area contributed by atoms with Gasteiger partial charge in [0.05, 0.1) is 7.11 Å². The maximum atomic E-state index is 12.3. The minimum atomic E-state index is -0.253. The zero-order valence-electron chi connectivity index (χ0n) is 11.9. The second-order valence-electron chi connectivity index (χ2n) is 4.42. The quantitative estimate of drug-likeness (QED) is 0.905. The molecule has 0 unspecified atom stereocenters. The molecule has 6 heteroatoms. The lowest BCUT2D eigenvalue weighted by atomic mass is 10.2. The number of rotatable bonds is 5. The van der Waals surface area contributed by atoms with E-state index in [1.54, 1.807) is 20.2 Å². The molecule has 2 rings (SSSR count). The molecule has 1 aromatic carbocycles. The molecule has 0 spiro atoms. The first-order chi connectivity index (χ1) is 9.65. The van der Waals surface area contributed by atoms with Crippen molar-refractivity contribution in [1.82, 2.24) is 15.2 Å². The third-order valence-electron chi connectivity index (χ3n) is 2.96. The van der Waals surface area contributed by atoms with E-state index in [0.29, 0.717) is 5.75 Å². The third-order valence-corrected chi connectivity index (χ3v) is 2.96. The largest absolute Gasteiger partial charge is 0.497 e. The fourth-order valence-electron chi connectivity index (χ4n) is 1.83. The van der Waals surface area contributed by atoms with Crippen molar-refractivity contribution in [3.63, 3.8) is 0 Å². The lowest BCUT2D eigenvalue weighted by molar-refractivity contribution is 0.0983.